The molecule has 0 saturated heterocycles. The van der Waals surface area contributed by atoms with Gasteiger partial charge >= 0.3 is 11.7 Å². The van der Waals surface area contributed by atoms with E-state index in [1.165, 1.54) is 0 Å². The first-order valence-electron chi connectivity index (χ1n) is 5.87. The van der Waals surface area contributed by atoms with Crippen LogP contribution in [-0.2, 0) is 6.42 Å². The second-order valence-corrected chi connectivity index (χ2v) is 4.25. The maximum Gasteiger partial charge on any atom is 0.397 e. The van der Waals surface area contributed by atoms with Gasteiger partial charge in [-0.2, -0.15) is 4.98 Å². The van der Waals surface area contributed by atoms with Crippen molar-refractivity contribution in [2.24, 2.45) is 0 Å². The molecule has 1 aromatic carbocycles. The van der Waals surface area contributed by atoms with Crippen LogP contribution in [0, 0.1) is 0 Å². The van der Waals surface area contributed by atoms with Crippen molar-refractivity contribution >= 4 is 10.9 Å². The standard InChI is InChI=1S/C13H13NO3/c1-2-8-4-3-5-10-11(8)12(15)17-13(14-10)16-9-6-7-9/h3-5,9H,2,6-7H2,1H3. The van der Waals surface area contributed by atoms with Crippen LogP contribution in [0.25, 0.3) is 10.9 Å². The van der Waals surface area contributed by atoms with E-state index in [0.29, 0.717) is 10.9 Å². The molecule has 1 aliphatic carbocycles. The van der Waals surface area contributed by atoms with E-state index in [0.717, 1.165) is 24.8 Å². The van der Waals surface area contributed by atoms with Gasteiger partial charge in [0, 0.05) is 0 Å². The molecule has 2 aromatic rings. The van der Waals surface area contributed by atoms with Gasteiger partial charge < -0.3 is 9.15 Å². The van der Waals surface area contributed by atoms with Crippen molar-refractivity contribution in [2.45, 2.75) is 32.3 Å². The molecule has 0 unspecified atom stereocenters. The van der Waals surface area contributed by atoms with E-state index in [2.05, 4.69) is 4.98 Å². The molecular weight excluding hydrogens is 218 g/mol. The van der Waals surface area contributed by atoms with Gasteiger partial charge in [0.15, 0.2) is 0 Å². The minimum atomic E-state index is -0.358. The molecular formula is C13H13NO3. The molecule has 3 rings (SSSR count). The van der Waals surface area contributed by atoms with Crippen molar-refractivity contribution in [2.75, 3.05) is 0 Å². The van der Waals surface area contributed by atoms with Crippen LogP contribution in [0.3, 0.4) is 0 Å². The molecule has 0 spiro atoms. The fourth-order valence-corrected chi connectivity index (χ4v) is 1.84. The van der Waals surface area contributed by atoms with Crippen LogP contribution in [-0.4, -0.2) is 11.1 Å². The van der Waals surface area contributed by atoms with Crippen molar-refractivity contribution in [3.8, 4) is 6.08 Å². The molecule has 1 fully saturated rings. The lowest BCUT2D eigenvalue weighted by atomic mass is 10.1. The van der Waals surface area contributed by atoms with E-state index >= 15 is 0 Å². The molecule has 17 heavy (non-hydrogen) atoms. The average molecular weight is 231 g/mol. The minimum absolute atomic E-state index is 0.0956. The van der Waals surface area contributed by atoms with Crippen molar-refractivity contribution in [1.29, 1.82) is 0 Å². The first-order chi connectivity index (χ1) is 8.28. The summed E-state index contributed by atoms with van der Waals surface area (Å²) in [6.45, 7) is 2.00. The van der Waals surface area contributed by atoms with Gasteiger partial charge in [0.1, 0.15) is 6.10 Å². The third-order valence-corrected chi connectivity index (χ3v) is 2.90. The summed E-state index contributed by atoms with van der Waals surface area (Å²) in [6.07, 6.45) is 3.08. The summed E-state index contributed by atoms with van der Waals surface area (Å²) < 4.78 is 10.5. The maximum absolute atomic E-state index is 11.9. The highest BCUT2D eigenvalue weighted by Gasteiger charge is 2.25. The molecule has 0 N–H and O–H groups in total. The van der Waals surface area contributed by atoms with E-state index in [-0.39, 0.29) is 17.8 Å². The number of fused-ring (bicyclic) bond motifs is 1. The van der Waals surface area contributed by atoms with Gasteiger partial charge in [-0.05, 0) is 30.9 Å². The van der Waals surface area contributed by atoms with Crippen LogP contribution >= 0.6 is 0 Å². The highest BCUT2D eigenvalue weighted by molar-refractivity contribution is 5.80. The van der Waals surface area contributed by atoms with E-state index < -0.39 is 0 Å². The number of hydrogen-bond acceptors (Lipinski definition) is 4. The van der Waals surface area contributed by atoms with Gasteiger partial charge in [-0.1, -0.05) is 19.1 Å². The normalized spacial score (nSPS) is 15.1. The number of hydrogen-bond donors (Lipinski definition) is 0. The van der Waals surface area contributed by atoms with Gasteiger partial charge in [-0.25, -0.2) is 4.79 Å². The Hall–Kier alpha value is -1.84. The highest BCUT2D eigenvalue weighted by atomic mass is 16.6. The number of aromatic nitrogens is 1. The maximum atomic E-state index is 11.9. The Morgan fingerprint density at radius 2 is 2.29 bits per heavy atom. The van der Waals surface area contributed by atoms with Crippen LogP contribution in [0.1, 0.15) is 25.3 Å². The van der Waals surface area contributed by atoms with E-state index in [1.807, 2.05) is 25.1 Å². The Labute approximate surface area is 98.2 Å². The van der Waals surface area contributed by atoms with E-state index in [4.69, 9.17) is 9.15 Å². The fourth-order valence-electron chi connectivity index (χ4n) is 1.84. The molecule has 4 nitrogen and oxygen atoms in total. The topological polar surface area (TPSA) is 52.3 Å². The Bertz CT molecular complexity index is 614. The van der Waals surface area contributed by atoms with Gasteiger partial charge in [0.25, 0.3) is 0 Å². The van der Waals surface area contributed by atoms with Gasteiger partial charge in [0.05, 0.1) is 10.9 Å². The number of rotatable bonds is 3. The van der Waals surface area contributed by atoms with E-state index in [1.54, 1.807) is 0 Å². The molecule has 1 heterocycles. The Balaban J connectivity index is 2.15. The predicted octanol–water partition coefficient (Wildman–Crippen LogP) is 2.29. The van der Waals surface area contributed by atoms with Crippen molar-refractivity contribution in [3.63, 3.8) is 0 Å². The van der Waals surface area contributed by atoms with Crippen LogP contribution in [0.15, 0.2) is 27.4 Å². The monoisotopic (exact) mass is 231 g/mol. The molecule has 0 aliphatic heterocycles. The molecule has 88 valence electrons. The van der Waals surface area contributed by atoms with Gasteiger partial charge in [-0.15, -0.1) is 0 Å². The summed E-state index contributed by atoms with van der Waals surface area (Å²) in [5.74, 6) is 0. The summed E-state index contributed by atoms with van der Waals surface area (Å²) >= 11 is 0. The van der Waals surface area contributed by atoms with E-state index in [9.17, 15) is 4.79 Å². The quantitative estimate of drug-likeness (QED) is 0.813. The zero-order valence-electron chi connectivity index (χ0n) is 9.60. The Morgan fingerprint density at radius 1 is 1.47 bits per heavy atom. The summed E-state index contributed by atoms with van der Waals surface area (Å²) in [5, 5.41) is 0.568. The smallest absolute Gasteiger partial charge is 0.397 e. The molecule has 0 bridgehead atoms. The summed E-state index contributed by atoms with van der Waals surface area (Å²) in [4.78, 5) is 16.1. The lowest BCUT2D eigenvalue weighted by Gasteiger charge is -2.04. The number of ether oxygens (including phenoxy) is 1. The van der Waals surface area contributed by atoms with Crippen LogP contribution in [0.2, 0.25) is 0 Å². The third kappa shape index (κ3) is 1.90. The second kappa shape index (κ2) is 3.87. The minimum Gasteiger partial charge on any atom is -0.447 e. The largest absolute Gasteiger partial charge is 0.447 e. The van der Waals surface area contributed by atoms with Crippen LogP contribution in [0.5, 0.6) is 6.08 Å². The van der Waals surface area contributed by atoms with Crippen LogP contribution in [0.4, 0.5) is 0 Å². The molecule has 1 saturated carbocycles. The van der Waals surface area contributed by atoms with Gasteiger partial charge in [-0.3, -0.25) is 0 Å². The molecule has 4 heteroatoms. The zero-order chi connectivity index (χ0) is 11.8. The van der Waals surface area contributed by atoms with Crippen LogP contribution < -0.4 is 10.4 Å². The first-order valence-corrected chi connectivity index (χ1v) is 5.87. The van der Waals surface area contributed by atoms with Crippen molar-refractivity contribution < 1.29 is 9.15 Å². The Kier molecular flexibility index (Phi) is 2.35. The van der Waals surface area contributed by atoms with Crippen molar-refractivity contribution in [1.82, 2.24) is 4.98 Å². The summed E-state index contributed by atoms with van der Waals surface area (Å²) in [7, 11) is 0. The molecule has 0 amide bonds. The fraction of sp³-hybridized carbons (Fsp3) is 0.385. The second-order valence-electron chi connectivity index (χ2n) is 4.25. The first kappa shape index (κ1) is 10.3. The molecule has 1 aromatic heterocycles. The SMILES string of the molecule is CCc1cccc2nc(OC3CC3)oc(=O)c12. The summed E-state index contributed by atoms with van der Waals surface area (Å²) in [6, 6.07) is 5.63. The molecule has 1 aliphatic rings. The molecule has 0 atom stereocenters. The Morgan fingerprint density at radius 3 is 3.00 bits per heavy atom. The summed E-state index contributed by atoms with van der Waals surface area (Å²) in [5.41, 5.74) is 1.25. The lowest BCUT2D eigenvalue weighted by Crippen LogP contribution is -2.08. The predicted molar refractivity (Wildman–Crippen MR) is 63.3 cm³/mol. The van der Waals surface area contributed by atoms with Crippen molar-refractivity contribution in [3.05, 3.63) is 34.2 Å². The zero-order valence-corrected chi connectivity index (χ0v) is 9.60. The lowest BCUT2D eigenvalue weighted by molar-refractivity contribution is 0.205. The van der Waals surface area contributed by atoms with Gasteiger partial charge in [0.2, 0.25) is 0 Å². The molecule has 0 radical (unpaired) electrons. The highest BCUT2D eigenvalue weighted by Crippen LogP contribution is 2.26. The number of aryl methyl sites for hydroxylation is 1. The third-order valence-electron chi connectivity index (χ3n) is 2.90. The number of nitrogens with zero attached hydrogens (tertiary/aromatic N) is 1. The average Bonchev–Trinajstić information content (AvgIpc) is 3.12. The number of benzene rings is 1.